The highest BCUT2D eigenvalue weighted by Gasteiger charge is 2.15. The minimum Gasteiger partial charge on any atom is -0.271 e. The number of nitrogens with two attached hydrogens (primary N) is 1. The molecule has 0 spiro atoms. The number of hydrogen-bond acceptors (Lipinski definition) is 6. The van der Waals surface area contributed by atoms with Crippen LogP contribution in [0.15, 0.2) is 30.0 Å². The zero-order valence-electron chi connectivity index (χ0n) is 11.9. The van der Waals surface area contributed by atoms with E-state index in [4.69, 9.17) is 5.84 Å². The van der Waals surface area contributed by atoms with Gasteiger partial charge in [0, 0.05) is 19.2 Å². The number of hydrogen-bond donors (Lipinski definition) is 2. The summed E-state index contributed by atoms with van der Waals surface area (Å²) in [6.45, 7) is 2.99. The van der Waals surface area contributed by atoms with Gasteiger partial charge in [0.1, 0.15) is 12.2 Å². The van der Waals surface area contributed by atoms with Gasteiger partial charge < -0.3 is 0 Å². The molecule has 21 heavy (non-hydrogen) atoms. The Kier molecular flexibility index (Phi) is 4.23. The highest BCUT2D eigenvalue weighted by Crippen LogP contribution is 2.24. The highest BCUT2D eigenvalue weighted by atomic mass is 32.1. The molecule has 0 aliphatic heterocycles. The first kappa shape index (κ1) is 14.1. The molecule has 0 radical (unpaired) electrons. The van der Waals surface area contributed by atoms with Crippen molar-refractivity contribution in [2.24, 2.45) is 5.84 Å². The van der Waals surface area contributed by atoms with E-state index < -0.39 is 0 Å². The van der Waals surface area contributed by atoms with Crippen molar-refractivity contribution in [2.45, 2.75) is 32.4 Å². The van der Waals surface area contributed by atoms with Crippen LogP contribution in [0.1, 0.15) is 30.8 Å². The van der Waals surface area contributed by atoms with E-state index in [1.54, 1.807) is 17.7 Å². The van der Waals surface area contributed by atoms with Crippen LogP contribution in [0.3, 0.4) is 0 Å². The summed E-state index contributed by atoms with van der Waals surface area (Å²) in [5, 5.41) is 6.30. The van der Waals surface area contributed by atoms with Crippen molar-refractivity contribution in [3.05, 3.63) is 41.4 Å². The van der Waals surface area contributed by atoms with Gasteiger partial charge in [-0.25, -0.2) is 4.98 Å². The lowest BCUT2D eigenvalue weighted by atomic mass is 10.1. The Balaban J connectivity index is 1.85. The molecule has 3 heterocycles. The molecule has 7 heteroatoms. The SMILES string of the molecule is CCCn1ncnc1CC(NN)c1cnc2ccsc2c1. The second kappa shape index (κ2) is 6.30. The maximum absolute atomic E-state index is 5.73. The third-order valence-corrected chi connectivity index (χ3v) is 4.30. The van der Waals surface area contributed by atoms with Crippen LogP contribution in [-0.4, -0.2) is 19.7 Å². The van der Waals surface area contributed by atoms with E-state index in [0.29, 0.717) is 6.42 Å². The Morgan fingerprint density at radius 3 is 3.14 bits per heavy atom. The van der Waals surface area contributed by atoms with Gasteiger partial charge >= 0.3 is 0 Å². The number of thiophene rings is 1. The molecule has 0 aliphatic rings. The van der Waals surface area contributed by atoms with Gasteiger partial charge in [-0.2, -0.15) is 5.10 Å². The molecule has 3 aromatic rings. The Morgan fingerprint density at radius 1 is 1.43 bits per heavy atom. The van der Waals surface area contributed by atoms with Crippen LogP contribution in [0.4, 0.5) is 0 Å². The van der Waals surface area contributed by atoms with Gasteiger partial charge in [-0.15, -0.1) is 11.3 Å². The van der Waals surface area contributed by atoms with E-state index in [0.717, 1.165) is 29.9 Å². The van der Waals surface area contributed by atoms with Gasteiger partial charge in [0.25, 0.3) is 0 Å². The largest absolute Gasteiger partial charge is 0.271 e. The molecule has 1 unspecified atom stereocenters. The Labute approximate surface area is 127 Å². The summed E-state index contributed by atoms with van der Waals surface area (Å²) >= 11 is 1.68. The highest BCUT2D eigenvalue weighted by molar-refractivity contribution is 7.17. The molecule has 3 aromatic heterocycles. The van der Waals surface area contributed by atoms with Crippen molar-refractivity contribution in [2.75, 3.05) is 0 Å². The summed E-state index contributed by atoms with van der Waals surface area (Å²) in [6, 6.07) is 4.13. The predicted octanol–water partition coefficient (Wildman–Crippen LogP) is 2.04. The van der Waals surface area contributed by atoms with Crippen molar-refractivity contribution in [3.63, 3.8) is 0 Å². The van der Waals surface area contributed by atoms with Crippen molar-refractivity contribution >= 4 is 21.6 Å². The van der Waals surface area contributed by atoms with Gasteiger partial charge in [0.2, 0.25) is 0 Å². The summed E-state index contributed by atoms with van der Waals surface area (Å²) in [5.41, 5.74) is 4.96. The summed E-state index contributed by atoms with van der Waals surface area (Å²) in [7, 11) is 0. The molecule has 110 valence electrons. The van der Waals surface area contributed by atoms with Gasteiger partial charge in [0.15, 0.2) is 0 Å². The molecular formula is C14H18N6S. The van der Waals surface area contributed by atoms with Crippen LogP contribution in [0.5, 0.6) is 0 Å². The van der Waals surface area contributed by atoms with E-state index in [1.165, 1.54) is 4.70 Å². The Bertz CT molecular complexity index is 719. The molecule has 6 nitrogen and oxygen atoms in total. The number of aromatic nitrogens is 4. The summed E-state index contributed by atoms with van der Waals surface area (Å²) < 4.78 is 3.10. The van der Waals surface area contributed by atoms with Crippen molar-refractivity contribution in [3.8, 4) is 0 Å². The summed E-state index contributed by atoms with van der Waals surface area (Å²) in [5.74, 6) is 6.67. The number of rotatable bonds is 6. The van der Waals surface area contributed by atoms with E-state index in [9.17, 15) is 0 Å². The predicted molar refractivity (Wildman–Crippen MR) is 83.7 cm³/mol. The first-order valence-corrected chi connectivity index (χ1v) is 7.85. The molecule has 0 bridgehead atoms. The second-order valence-corrected chi connectivity index (χ2v) is 5.84. The van der Waals surface area contributed by atoms with Crippen molar-refractivity contribution in [1.29, 1.82) is 0 Å². The monoisotopic (exact) mass is 302 g/mol. The molecule has 3 N–H and O–H groups in total. The smallest absolute Gasteiger partial charge is 0.138 e. The minimum atomic E-state index is -0.0243. The molecule has 0 aromatic carbocycles. The lowest BCUT2D eigenvalue weighted by Gasteiger charge is -2.16. The Hall–Kier alpha value is -1.83. The van der Waals surface area contributed by atoms with E-state index >= 15 is 0 Å². The van der Waals surface area contributed by atoms with Gasteiger partial charge in [-0.05, 0) is 29.5 Å². The number of aryl methyl sites for hydroxylation is 1. The number of nitrogens with zero attached hydrogens (tertiary/aromatic N) is 4. The third-order valence-electron chi connectivity index (χ3n) is 3.45. The molecule has 3 rings (SSSR count). The van der Waals surface area contributed by atoms with Crippen LogP contribution in [0.2, 0.25) is 0 Å². The molecule has 0 aliphatic carbocycles. The lowest BCUT2D eigenvalue weighted by Crippen LogP contribution is -2.30. The zero-order chi connectivity index (χ0) is 14.7. The fourth-order valence-corrected chi connectivity index (χ4v) is 3.14. The lowest BCUT2D eigenvalue weighted by molar-refractivity contribution is 0.498. The summed E-state index contributed by atoms with van der Waals surface area (Å²) in [4.78, 5) is 8.81. The number of hydrazine groups is 1. The van der Waals surface area contributed by atoms with Crippen LogP contribution >= 0.6 is 11.3 Å². The first-order valence-electron chi connectivity index (χ1n) is 6.97. The van der Waals surface area contributed by atoms with Crippen LogP contribution < -0.4 is 11.3 Å². The van der Waals surface area contributed by atoms with E-state index in [-0.39, 0.29) is 6.04 Å². The molecule has 0 fully saturated rings. The topological polar surface area (TPSA) is 81.7 Å². The maximum Gasteiger partial charge on any atom is 0.138 e. The second-order valence-electron chi connectivity index (χ2n) is 4.90. The molecule has 0 saturated heterocycles. The van der Waals surface area contributed by atoms with Gasteiger partial charge in [0.05, 0.1) is 16.3 Å². The number of pyridine rings is 1. The van der Waals surface area contributed by atoms with Crippen molar-refractivity contribution < 1.29 is 0 Å². The minimum absolute atomic E-state index is 0.0243. The quantitative estimate of drug-likeness (QED) is 0.538. The van der Waals surface area contributed by atoms with Gasteiger partial charge in [-0.1, -0.05) is 6.92 Å². The summed E-state index contributed by atoms with van der Waals surface area (Å²) in [6.07, 6.45) is 5.19. The van der Waals surface area contributed by atoms with E-state index in [2.05, 4.69) is 33.5 Å². The van der Waals surface area contributed by atoms with Crippen LogP contribution in [0, 0.1) is 0 Å². The standard InChI is InChI=1S/C14H18N6S/c1-2-4-20-14(17-9-18-20)7-12(19-15)10-6-13-11(16-8-10)3-5-21-13/h3,5-6,8-9,12,19H,2,4,7,15H2,1H3. The van der Waals surface area contributed by atoms with Crippen molar-refractivity contribution in [1.82, 2.24) is 25.2 Å². The Morgan fingerprint density at radius 2 is 2.33 bits per heavy atom. The third kappa shape index (κ3) is 2.94. The zero-order valence-corrected chi connectivity index (χ0v) is 12.7. The van der Waals surface area contributed by atoms with Gasteiger partial charge in [-0.3, -0.25) is 20.9 Å². The molecular weight excluding hydrogens is 284 g/mol. The number of nitrogens with one attached hydrogen (secondary N) is 1. The van der Waals surface area contributed by atoms with Crippen LogP contribution in [0.25, 0.3) is 10.2 Å². The average molecular weight is 302 g/mol. The average Bonchev–Trinajstić information content (AvgIpc) is 3.13. The number of fused-ring (bicyclic) bond motifs is 1. The fraction of sp³-hybridized carbons (Fsp3) is 0.357. The first-order chi connectivity index (χ1) is 10.3. The molecule has 0 saturated carbocycles. The maximum atomic E-state index is 5.73. The molecule has 0 amide bonds. The van der Waals surface area contributed by atoms with Crippen LogP contribution in [-0.2, 0) is 13.0 Å². The van der Waals surface area contributed by atoms with E-state index in [1.807, 2.05) is 22.3 Å². The molecule has 1 atom stereocenters. The fourth-order valence-electron chi connectivity index (χ4n) is 2.35. The normalized spacial score (nSPS) is 12.9.